The number of furan rings is 1. The maximum Gasteiger partial charge on any atom is 0.145 e. The Morgan fingerprint density at radius 2 is 0.907 bits per heavy atom. The van der Waals surface area contributed by atoms with Crippen molar-refractivity contribution in [1.29, 1.82) is 0 Å². The number of fused-ring (bicyclic) bond motifs is 4. The first-order valence-corrected chi connectivity index (χ1v) is 18.4. The molecule has 0 N–H and O–H groups in total. The first-order chi connectivity index (χ1) is 26.8. The third-order valence-corrected chi connectivity index (χ3v) is 10.5. The van der Waals surface area contributed by atoms with Gasteiger partial charge in [-0.25, -0.2) is 0 Å². The van der Waals surface area contributed by atoms with Crippen molar-refractivity contribution < 1.29 is 4.42 Å². The molecule has 0 aliphatic heterocycles. The molecule has 1 heterocycles. The van der Waals surface area contributed by atoms with Crippen molar-refractivity contribution in [2.75, 3.05) is 4.90 Å². The van der Waals surface area contributed by atoms with Gasteiger partial charge in [0.05, 0.1) is 16.8 Å². The van der Waals surface area contributed by atoms with Crippen LogP contribution in [0.2, 0.25) is 0 Å². The van der Waals surface area contributed by atoms with Crippen LogP contribution in [0.1, 0.15) is 0 Å². The summed E-state index contributed by atoms with van der Waals surface area (Å²) in [5.41, 5.74) is 14.2. The highest BCUT2D eigenvalue weighted by Gasteiger charge is 2.24. The number of para-hydroxylation sites is 2. The van der Waals surface area contributed by atoms with Crippen LogP contribution in [0.5, 0.6) is 0 Å². The summed E-state index contributed by atoms with van der Waals surface area (Å²) in [7, 11) is 0. The van der Waals surface area contributed by atoms with Crippen LogP contribution in [0.3, 0.4) is 0 Å². The van der Waals surface area contributed by atoms with E-state index in [-0.39, 0.29) is 0 Å². The number of anilines is 3. The molecule has 2 heteroatoms. The Hall–Kier alpha value is -7.16. The highest BCUT2D eigenvalue weighted by atomic mass is 16.3. The van der Waals surface area contributed by atoms with Gasteiger partial charge in [-0.05, 0) is 86.6 Å². The van der Waals surface area contributed by atoms with Gasteiger partial charge in [0, 0.05) is 22.2 Å². The summed E-state index contributed by atoms with van der Waals surface area (Å²) in [6.45, 7) is 0. The Morgan fingerprint density at radius 3 is 1.74 bits per heavy atom. The van der Waals surface area contributed by atoms with Crippen LogP contribution >= 0.6 is 0 Å². The molecule has 0 saturated carbocycles. The molecule has 0 amide bonds. The smallest absolute Gasteiger partial charge is 0.145 e. The first-order valence-electron chi connectivity index (χ1n) is 18.4. The number of hydrogen-bond acceptors (Lipinski definition) is 2. The average Bonchev–Trinajstić information content (AvgIpc) is 3.65. The fourth-order valence-electron chi connectivity index (χ4n) is 7.94. The van der Waals surface area contributed by atoms with E-state index in [1.807, 2.05) is 0 Å². The molecule has 0 fully saturated rings. The second-order valence-corrected chi connectivity index (χ2v) is 13.7. The third-order valence-electron chi connectivity index (χ3n) is 10.5. The summed E-state index contributed by atoms with van der Waals surface area (Å²) in [4.78, 5) is 2.42. The van der Waals surface area contributed by atoms with Crippen LogP contribution in [0.4, 0.5) is 17.1 Å². The van der Waals surface area contributed by atoms with Gasteiger partial charge >= 0.3 is 0 Å². The molecule has 0 aliphatic rings. The fourth-order valence-corrected chi connectivity index (χ4v) is 7.94. The van der Waals surface area contributed by atoms with Crippen LogP contribution in [0, 0.1) is 0 Å². The standard InChI is InChI=1S/C52H35NO/c1-3-16-36(17-4-1)39-22-13-23-40(34-39)41-24-14-25-42(35-41)53(48-30-11-9-27-44(48)38-18-5-2-6-19-38)49-33-32-46(45-29-15-21-37-20-7-8-26-43(37)45)52-51(49)47-28-10-12-31-50(47)54-52/h1-35H. The van der Waals surface area contributed by atoms with E-state index in [0.717, 1.165) is 66.8 Å². The van der Waals surface area contributed by atoms with Crippen molar-refractivity contribution in [2.45, 2.75) is 0 Å². The largest absolute Gasteiger partial charge is 0.455 e. The van der Waals surface area contributed by atoms with E-state index in [2.05, 4.69) is 217 Å². The molecule has 2 nitrogen and oxygen atoms in total. The first kappa shape index (κ1) is 31.6. The van der Waals surface area contributed by atoms with Gasteiger partial charge in [0.25, 0.3) is 0 Å². The van der Waals surface area contributed by atoms with E-state index in [4.69, 9.17) is 4.42 Å². The van der Waals surface area contributed by atoms with Gasteiger partial charge < -0.3 is 9.32 Å². The zero-order valence-corrected chi connectivity index (χ0v) is 29.6. The zero-order valence-electron chi connectivity index (χ0n) is 29.6. The molecular weight excluding hydrogens is 655 g/mol. The van der Waals surface area contributed by atoms with Gasteiger partial charge in [-0.2, -0.15) is 0 Å². The molecule has 54 heavy (non-hydrogen) atoms. The molecule has 10 rings (SSSR count). The lowest BCUT2D eigenvalue weighted by Crippen LogP contribution is -2.12. The second kappa shape index (κ2) is 13.4. The minimum atomic E-state index is 0.865. The van der Waals surface area contributed by atoms with Crippen molar-refractivity contribution in [3.05, 3.63) is 212 Å². The van der Waals surface area contributed by atoms with Gasteiger partial charge in [-0.3, -0.25) is 0 Å². The monoisotopic (exact) mass is 689 g/mol. The lowest BCUT2D eigenvalue weighted by Gasteiger charge is -2.29. The van der Waals surface area contributed by atoms with Gasteiger partial charge in [0.15, 0.2) is 0 Å². The maximum atomic E-state index is 6.89. The Kier molecular flexibility index (Phi) is 7.85. The Labute approximate surface area is 314 Å². The molecule has 9 aromatic carbocycles. The molecule has 1 aromatic heterocycles. The number of hydrogen-bond donors (Lipinski definition) is 0. The molecular formula is C52H35NO. The van der Waals surface area contributed by atoms with E-state index in [1.165, 1.54) is 27.5 Å². The minimum Gasteiger partial charge on any atom is -0.455 e. The normalized spacial score (nSPS) is 11.3. The summed E-state index contributed by atoms with van der Waals surface area (Å²) >= 11 is 0. The highest BCUT2D eigenvalue weighted by Crippen LogP contribution is 2.49. The fraction of sp³-hybridized carbons (Fsp3) is 0. The molecule has 0 saturated heterocycles. The highest BCUT2D eigenvalue weighted by molar-refractivity contribution is 6.19. The zero-order chi connectivity index (χ0) is 35.8. The summed E-state index contributed by atoms with van der Waals surface area (Å²) in [5, 5.41) is 4.56. The van der Waals surface area contributed by atoms with E-state index in [9.17, 15) is 0 Å². The molecule has 0 atom stereocenters. The van der Waals surface area contributed by atoms with Crippen LogP contribution in [0.15, 0.2) is 217 Å². The number of nitrogens with zero attached hydrogens (tertiary/aromatic N) is 1. The topological polar surface area (TPSA) is 16.4 Å². The molecule has 10 aromatic rings. The van der Waals surface area contributed by atoms with Crippen molar-refractivity contribution in [2.24, 2.45) is 0 Å². The second-order valence-electron chi connectivity index (χ2n) is 13.7. The van der Waals surface area contributed by atoms with Crippen molar-refractivity contribution >= 4 is 49.8 Å². The summed E-state index contributed by atoms with van der Waals surface area (Å²) in [6.07, 6.45) is 0. The van der Waals surface area contributed by atoms with Crippen LogP contribution in [-0.4, -0.2) is 0 Å². The van der Waals surface area contributed by atoms with E-state index in [1.54, 1.807) is 0 Å². The lowest BCUT2D eigenvalue weighted by molar-refractivity contribution is 0.670. The third kappa shape index (κ3) is 5.53. The van der Waals surface area contributed by atoms with Crippen molar-refractivity contribution in [3.8, 4) is 44.5 Å². The van der Waals surface area contributed by atoms with E-state index < -0.39 is 0 Å². The molecule has 0 aliphatic carbocycles. The van der Waals surface area contributed by atoms with E-state index in [0.29, 0.717) is 0 Å². The van der Waals surface area contributed by atoms with Gasteiger partial charge in [0.2, 0.25) is 0 Å². The van der Waals surface area contributed by atoms with Crippen LogP contribution in [-0.2, 0) is 0 Å². The van der Waals surface area contributed by atoms with Crippen molar-refractivity contribution in [3.63, 3.8) is 0 Å². The maximum absolute atomic E-state index is 6.89. The predicted octanol–water partition coefficient (Wildman–Crippen LogP) is 14.9. The summed E-state index contributed by atoms with van der Waals surface area (Å²) in [5.74, 6) is 0. The number of rotatable bonds is 7. The Balaban J connectivity index is 1.24. The van der Waals surface area contributed by atoms with Crippen LogP contribution in [0.25, 0.3) is 77.2 Å². The SMILES string of the molecule is c1ccc(-c2cccc(-c3cccc(N(c4ccccc4-c4ccccc4)c4ccc(-c5cccc6ccccc56)c5oc6ccccc6c45)c3)c2)cc1. The van der Waals surface area contributed by atoms with Crippen LogP contribution < -0.4 is 4.90 Å². The minimum absolute atomic E-state index is 0.865. The van der Waals surface area contributed by atoms with E-state index >= 15 is 0 Å². The van der Waals surface area contributed by atoms with Gasteiger partial charge in [-0.15, -0.1) is 0 Å². The Bertz CT molecular complexity index is 2940. The lowest BCUT2D eigenvalue weighted by atomic mass is 9.95. The van der Waals surface area contributed by atoms with Crippen molar-refractivity contribution in [1.82, 2.24) is 0 Å². The quantitative estimate of drug-likeness (QED) is 0.166. The van der Waals surface area contributed by atoms with Gasteiger partial charge in [-0.1, -0.05) is 170 Å². The molecule has 0 unspecified atom stereocenters. The molecule has 254 valence electrons. The predicted molar refractivity (Wildman–Crippen MR) is 228 cm³/mol. The molecule has 0 spiro atoms. The average molecular weight is 690 g/mol. The van der Waals surface area contributed by atoms with Gasteiger partial charge in [0.1, 0.15) is 11.2 Å². The number of benzene rings is 9. The Morgan fingerprint density at radius 1 is 0.333 bits per heavy atom. The molecule has 0 bridgehead atoms. The summed E-state index contributed by atoms with van der Waals surface area (Å²) in [6, 6.07) is 75.8. The summed E-state index contributed by atoms with van der Waals surface area (Å²) < 4.78 is 6.89. The molecule has 0 radical (unpaired) electrons.